The molecule has 1 unspecified atom stereocenters. The molecule has 0 fully saturated rings. The summed E-state index contributed by atoms with van der Waals surface area (Å²) in [7, 11) is 0. The molecule has 7 heteroatoms. The van der Waals surface area contributed by atoms with E-state index in [1.165, 1.54) is 18.1 Å². The number of carbonyl (C=O) groups is 1. The minimum Gasteiger partial charge on any atom is -0.328 e. The molecule has 0 saturated carbocycles. The van der Waals surface area contributed by atoms with Gasteiger partial charge in [-0.1, -0.05) is 11.8 Å². The molecule has 20 heavy (non-hydrogen) atoms. The molecule has 2 aromatic rings. The van der Waals surface area contributed by atoms with E-state index in [4.69, 9.17) is 5.73 Å². The number of nitrogens with one attached hydrogen (secondary N) is 2. The number of benzene rings is 1. The molecule has 0 aliphatic rings. The first-order valence-corrected chi connectivity index (χ1v) is 7.14. The Hall–Kier alpha value is -1.86. The summed E-state index contributed by atoms with van der Waals surface area (Å²) in [4.78, 5) is 16.7. The van der Waals surface area contributed by atoms with Gasteiger partial charge in [-0.25, -0.2) is 4.98 Å². The Morgan fingerprint density at radius 2 is 2.20 bits per heavy atom. The van der Waals surface area contributed by atoms with E-state index < -0.39 is 0 Å². The van der Waals surface area contributed by atoms with Crippen molar-refractivity contribution >= 4 is 23.4 Å². The second kappa shape index (κ2) is 7.06. The number of rotatable bonds is 6. The van der Waals surface area contributed by atoms with Crippen LogP contribution in [0.3, 0.4) is 0 Å². The number of H-pyrrole nitrogens is 1. The minimum atomic E-state index is -0.0158. The Kier molecular flexibility index (Phi) is 5.14. The number of hydrogen-bond donors (Lipinski definition) is 3. The molecule has 1 atom stereocenters. The van der Waals surface area contributed by atoms with Crippen LogP contribution >= 0.6 is 11.8 Å². The quantitative estimate of drug-likeness (QED) is 0.756. The van der Waals surface area contributed by atoms with Crippen molar-refractivity contribution in [1.29, 1.82) is 0 Å². The lowest BCUT2D eigenvalue weighted by Crippen LogP contribution is -2.19. The van der Waals surface area contributed by atoms with E-state index in [1.807, 2.05) is 31.2 Å². The zero-order valence-electron chi connectivity index (χ0n) is 11.2. The molecule has 0 bridgehead atoms. The van der Waals surface area contributed by atoms with E-state index in [-0.39, 0.29) is 11.9 Å². The maximum Gasteiger partial charge on any atom is 0.224 e. The van der Waals surface area contributed by atoms with Crippen LogP contribution in [0.4, 0.5) is 5.69 Å². The summed E-state index contributed by atoms with van der Waals surface area (Å²) in [6.45, 7) is 1.89. The van der Waals surface area contributed by atoms with Crippen LogP contribution in [-0.4, -0.2) is 27.1 Å². The van der Waals surface area contributed by atoms with E-state index in [9.17, 15) is 4.79 Å². The third kappa shape index (κ3) is 4.67. The molecule has 0 spiro atoms. The fraction of sp³-hybridized carbons (Fsp3) is 0.308. The van der Waals surface area contributed by atoms with Gasteiger partial charge in [0.15, 0.2) is 5.16 Å². The third-order valence-corrected chi connectivity index (χ3v) is 3.47. The second-order valence-electron chi connectivity index (χ2n) is 4.48. The fourth-order valence-corrected chi connectivity index (χ4v) is 2.24. The predicted molar refractivity (Wildman–Crippen MR) is 78.5 cm³/mol. The molecule has 1 aromatic carbocycles. The van der Waals surface area contributed by atoms with E-state index >= 15 is 0 Å². The monoisotopic (exact) mass is 291 g/mol. The third-order valence-electron chi connectivity index (χ3n) is 2.57. The van der Waals surface area contributed by atoms with Gasteiger partial charge in [0, 0.05) is 23.0 Å². The van der Waals surface area contributed by atoms with Crippen molar-refractivity contribution in [2.24, 2.45) is 5.73 Å². The van der Waals surface area contributed by atoms with Gasteiger partial charge < -0.3 is 11.1 Å². The van der Waals surface area contributed by atoms with Gasteiger partial charge in [-0.15, -0.1) is 0 Å². The van der Waals surface area contributed by atoms with Crippen LogP contribution in [0.15, 0.2) is 40.6 Å². The molecular formula is C13H17N5OS. The first-order chi connectivity index (χ1) is 9.63. The summed E-state index contributed by atoms with van der Waals surface area (Å²) in [5, 5.41) is 10.1. The highest BCUT2D eigenvalue weighted by Gasteiger charge is 2.05. The van der Waals surface area contributed by atoms with Crippen LogP contribution in [0.1, 0.15) is 19.8 Å². The van der Waals surface area contributed by atoms with Crippen molar-refractivity contribution in [1.82, 2.24) is 15.2 Å². The first kappa shape index (κ1) is 14.5. The van der Waals surface area contributed by atoms with Crippen LogP contribution in [0.2, 0.25) is 0 Å². The summed E-state index contributed by atoms with van der Waals surface area (Å²) in [6.07, 6.45) is 2.59. The summed E-state index contributed by atoms with van der Waals surface area (Å²) in [5.41, 5.74) is 6.40. The molecule has 1 aromatic heterocycles. The van der Waals surface area contributed by atoms with Gasteiger partial charge in [0.25, 0.3) is 0 Å². The molecule has 0 aliphatic heterocycles. The van der Waals surface area contributed by atoms with Gasteiger partial charge in [0.1, 0.15) is 6.33 Å². The Morgan fingerprint density at radius 1 is 1.45 bits per heavy atom. The Labute approximate surface area is 121 Å². The van der Waals surface area contributed by atoms with E-state index in [0.29, 0.717) is 12.8 Å². The van der Waals surface area contributed by atoms with Crippen molar-refractivity contribution in [3.05, 3.63) is 30.6 Å². The SMILES string of the molecule is CC(N)CCC(=O)Nc1ccc(Sc2ncn[nH]2)cc1. The minimum absolute atomic E-state index is 0.0158. The van der Waals surface area contributed by atoms with Gasteiger partial charge >= 0.3 is 0 Å². The number of aromatic nitrogens is 3. The van der Waals surface area contributed by atoms with Crippen molar-refractivity contribution in [3.63, 3.8) is 0 Å². The molecule has 106 valence electrons. The number of nitrogens with zero attached hydrogens (tertiary/aromatic N) is 2. The smallest absolute Gasteiger partial charge is 0.224 e. The summed E-state index contributed by atoms with van der Waals surface area (Å²) in [5.74, 6) is -0.0158. The standard InChI is InChI=1S/C13H17N5OS/c1-9(14)2-7-12(19)17-10-3-5-11(6-4-10)20-13-15-8-16-18-13/h3-6,8-9H,2,7,14H2,1H3,(H,17,19)(H,15,16,18). The van der Waals surface area contributed by atoms with E-state index in [1.54, 1.807) is 0 Å². The first-order valence-electron chi connectivity index (χ1n) is 6.32. The molecule has 0 radical (unpaired) electrons. The molecule has 1 heterocycles. The highest BCUT2D eigenvalue weighted by atomic mass is 32.2. The Morgan fingerprint density at radius 3 is 2.80 bits per heavy atom. The number of aromatic amines is 1. The van der Waals surface area contributed by atoms with Crippen molar-refractivity contribution < 1.29 is 4.79 Å². The number of carbonyl (C=O) groups excluding carboxylic acids is 1. The normalized spacial score (nSPS) is 12.1. The highest BCUT2D eigenvalue weighted by Crippen LogP contribution is 2.25. The Balaban J connectivity index is 1.86. The lowest BCUT2D eigenvalue weighted by molar-refractivity contribution is -0.116. The number of nitrogens with two attached hydrogens (primary N) is 1. The number of amides is 1. The van der Waals surface area contributed by atoms with Gasteiger partial charge in [-0.3, -0.25) is 9.89 Å². The molecular weight excluding hydrogens is 274 g/mol. The average Bonchev–Trinajstić information content (AvgIpc) is 2.92. The lowest BCUT2D eigenvalue weighted by Gasteiger charge is -2.07. The Bertz CT molecular complexity index is 538. The molecule has 0 saturated heterocycles. The van der Waals surface area contributed by atoms with Gasteiger partial charge in [0.2, 0.25) is 5.91 Å². The van der Waals surface area contributed by atoms with Crippen LogP contribution in [-0.2, 0) is 4.79 Å². The van der Waals surface area contributed by atoms with Gasteiger partial charge in [0.05, 0.1) is 0 Å². The fourth-order valence-electron chi connectivity index (χ4n) is 1.54. The maximum absolute atomic E-state index is 11.7. The zero-order chi connectivity index (χ0) is 14.4. The van der Waals surface area contributed by atoms with E-state index in [2.05, 4.69) is 20.5 Å². The van der Waals surface area contributed by atoms with Crippen LogP contribution in [0.25, 0.3) is 0 Å². The molecule has 1 amide bonds. The second-order valence-corrected chi connectivity index (χ2v) is 5.54. The van der Waals surface area contributed by atoms with Crippen LogP contribution in [0.5, 0.6) is 0 Å². The van der Waals surface area contributed by atoms with Crippen molar-refractivity contribution in [2.75, 3.05) is 5.32 Å². The zero-order valence-corrected chi connectivity index (χ0v) is 12.0. The lowest BCUT2D eigenvalue weighted by atomic mass is 10.2. The molecule has 2 rings (SSSR count). The highest BCUT2D eigenvalue weighted by molar-refractivity contribution is 7.99. The van der Waals surface area contributed by atoms with Crippen molar-refractivity contribution in [2.45, 2.75) is 35.9 Å². The van der Waals surface area contributed by atoms with Gasteiger partial charge in [-0.2, -0.15) is 5.10 Å². The van der Waals surface area contributed by atoms with Gasteiger partial charge in [-0.05, 0) is 37.6 Å². The molecule has 0 aliphatic carbocycles. The average molecular weight is 291 g/mol. The predicted octanol–water partition coefficient (Wildman–Crippen LogP) is 2.02. The number of anilines is 1. The van der Waals surface area contributed by atoms with Crippen LogP contribution < -0.4 is 11.1 Å². The summed E-state index contributed by atoms with van der Waals surface area (Å²) < 4.78 is 0. The van der Waals surface area contributed by atoms with E-state index in [0.717, 1.165) is 15.7 Å². The summed E-state index contributed by atoms with van der Waals surface area (Å²) in [6, 6.07) is 7.62. The number of hydrogen-bond acceptors (Lipinski definition) is 5. The topological polar surface area (TPSA) is 96.7 Å². The van der Waals surface area contributed by atoms with Crippen LogP contribution in [0, 0.1) is 0 Å². The molecule has 4 N–H and O–H groups in total. The molecule has 6 nitrogen and oxygen atoms in total. The largest absolute Gasteiger partial charge is 0.328 e. The maximum atomic E-state index is 11.7. The van der Waals surface area contributed by atoms with Crippen molar-refractivity contribution in [3.8, 4) is 0 Å². The summed E-state index contributed by atoms with van der Waals surface area (Å²) >= 11 is 1.48.